The van der Waals surface area contributed by atoms with Gasteiger partial charge in [-0.25, -0.2) is 0 Å². The van der Waals surface area contributed by atoms with Gasteiger partial charge in [0.1, 0.15) is 0 Å². The summed E-state index contributed by atoms with van der Waals surface area (Å²) in [6.45, 7) is 6.71. The normalized spacial score (nSPS) is 29.3. The number of hydrogen-bond donors (Lipinski definition) is 1. The maximum atomic E-state index is 6.21. The van der Waals surface area contributed by atoms with Gasteiger partial charge in [0.15, 0.2) is 5.96 Å². The summed E-state index contributed by atoms with van der Waals surface area (Å²) < 4.78 is 0. The third kappa shape index (κ3) is 4.71. The van der Waals surface area contributed by atoms with Gasteiger partial charge in [-0.3, -0.25) is 9.89 Å². The van der Waals surface area contributed by atoms with Crippen LogP contribution in [0.2, 0.25) is 0 Å². The van der Waals surface area contributed by atoms with Crippen LogP contribution in [0.5, 0.6) is 0 Å². The van der Waals surface area contributed by atoms with E-state index in [1.54, 1.807) is 0 Å². The molecule has 0 amide bonds. The smallest absolute Gasteiger partial charge is 0.191 e. The summed E-state index contributed by atoms with van der Waals surface area (Å²) in [6, 6.07) is 1.52. The minimum absolute atomic E-state index is 0. The molecule has 5 heteroatoms. The van der Waals surface area contributed by atoms with E-state index in [2.05, 4.69) is 16.7 Å². The number of rotatable bonds is 3. The highest BCUT2D eigenvalue weighted by Crippen LogP contribution is 2.32. The van der Waals surface area contributed by atoms with Crippen LogP contribution in [0.4, 0.5) is 0 Å². The topological polar surface area (TPSA) is 44.9 Å². The number of guanidine groups is 1. The molecule has 2 N–H and O–H groups in total. The lowest BCUT2D eigenvalue weighted by Gasteiger charge is -2.35. The van der Waals surface area contributed by atoms with Crippen LogP contribution in [0, 0.1) is 5.92 Å². The third-order valence-electron chi connectivity index (χ3n) is 5.26. The lowest BCUT2D eigenvalue weighted by atomic mass is 9.99. The first kappa shape index (κ1) is 17.3. The summed E-state index contributed by atoms with van der Waals surface area (Å²) in [5.41, 5.74) is 6.21. The molecule has 3 aliphatic rings. The molecule has 21 heavy (non-hydrogen) atoms. The van der Waals surface area contributed by atoms with Crippen molar-refractivity contribution in [3.05, 3.63) is 0 Å². The number of aliphatic imine (C=N–C) groups is 1. The van der Waals surface area contributed by atoms with Crippen molar-refractivity contribution in [2.24, 2.45) is 16.6 Å². The minimum atomic E-state index is 0. The van der Waals surface area contributed by atoms with Gasteiger partial charge in [0.05, 0.1) is 6.54 Å². The molecule has 3 rings (SSSR count). The summed E-state index contributed by atoms with van der Waals surface area (Å²) in [5.74, 6) is 1.64. The summed E-state index contributed by atoms with van der Waals surface area (Å²) in [4.78, 5) is 9.72. The van der Waals surface area contributed by atoms with Gasteiger partial charge in [-0.2, -0.15) is 0 Å². The van der Waals surface area contributed by atoms with Gasteiger partial charge in [-0.1, -0.05) is 13.3 Å². The molecule has 0 aromatic rings. The molecule has 1 saturated carbocycles. The SMILES string of the molecule is CC1CCN(C(N)=NCC2CCCCN2C2CC2)CC1.I. The Morgan fingerprint density at radius 2 is 1.76 bits per heavy atom. The van der Waals surface area contributed by atoms with Crippen molar-refractivity contribution in [3.63, 3.8) is 0 Å². The predicted octanol–water partition coefficient (Wildman–Crippen LogP) is 2.67. The van der Waals surface area contributed by atoms with E-state index >= 15 is 0 Å². The number of hydrogen-bond acceptors (Lipinski definition) is 2. The van der Waals surface area contributed by atoms with Crippen LogP contribution in [0.25, 0.3) is 0 Å². The zero-order valence-corrected chi connectivity index (χ0v) is 15.7. The standard InChI is InChI=1S/C16H30N4.HI/c1-13-7-10-19(11-8-13)16(17)18-12-15-4-2-3-9-20(15)14-5-6-14;/h13-15H,2-12H2,1H3,(H2,17,18);1H. The average Bonchev–Trinajstić information content (AvgIpc) is 3.30. The minimum Gasteiger partial charge on any atom is -0.370 e. The van der Waals surface area contributed by atoms with Crippen LogP contribution >= 0.6 is 24.0 Å². The Hall–Kier alpha value is -0.0400. The molecule has 0 bridgehead atoms. The number of halogens is 1. The molecule has 2 aliphatic heterocycles. The highest BCUT2D eigenvalue weighted by Gasteiger charge is 2.35. The molecule has 1 unspecified atom stereocenters. The fourth-order valence-corrected chi connectivity index (χ4v) is 3.64. The maximum Gasteiger partial charge on any atom is 0.191 e. The summed E-state index contributed by atoms with van der Waals surface area (Å²) in [5, 5.41) is 0. The van der Waals surface area contributed by atoms with E-state index in [1.807, 2.05) is 0 Å². The van der Waals surface area contributed by atoms with Gasteiger partial charge in [-0.15, -0.1) is 24.0 Å². The second-order valence-electron chi connectivity index (χ2n) is 6.99. The Kier molecular flexibility index (Phi) is 6.59. The van der Waals surface area contributed by atoms with E-state index in [1.165, 1.54) is 51.5 Å². The van der Waals surface area contributed by atoms with Gasteiger partial charge in [0.25, 0.3) is 0 Å². The molecular formula is C16H31IN4. The highest BCUT2D eigenvalue weighted by atomic mass is 127. The van der Waals surface area contributed by atoms with Crippen LogP contribution in [0.15, 0.2) is 4.99 Å². The van der Waals surface area contributed by atoms with Gasteiger partial charge < -0.3 is 10.6 Å². The molecule has 4 nitrogen and oxygen atoms in total. The average molecular weight is 406 g/mol. The number of nitrogens with zero attached hydrogens (tertiary/aromatic N) is 3. The van der Waals surface area contributed by atoms with Crippen molar-refractivity contribution in [2.45, 2.75) is 64.0 Å². The molecule has 2 heterocycles. The van der Waals surface area contributed by atoms with Crippen LogP contribution in [0.1, 0.15) is 51.9 Å². The first-order chi connectivity index (χ1) is 9.74. The van der Waals surface area contributed by atoms with E-state index in [0.29, 0.717) is 6.04 Å². The molecule has 3 fully saturated rings. The summed E-state index contributed by atoms with van der Waals surface area (Å²) in [6.07, 6.45) is 9.37. The van der Waals surface area contributed by atoms with Crippen LogP contribution in [-0.4, -0.2) is 54.0 Å². The highest BCUT2D eigenvalue weighted by molar-refractivity contribution is 14.0. The monoisotopic (exact) mass is 406 g/mol. The molecule has 122 valence electrons. The molecule has 0 aromatic heterocycles. The van der Waals surface area contributed by atoms with Gasteiger partial charge >= 0.3 is 0 Å². The van der Waals surface area contributed by atoms with Crippen molar-refractivity contribution in [3.8, 4) is 0 Å². The van der Waals surface area contributed by atoms with Crippen molar-refractivity contribution in [1.29, 1.82) is 0 Å². The maximum absolute atomic E-state index is 6.21. The first-order valence-electron chi connectivity index (χ1n) is 8.54. The lowest BCUT2D eigenvalue weighted by Crippen LogP contribution is -2.45. The van der Waals surface area contributed by atoms with Crippen LogP contribution in [-0.2, 0) is 0 Å². The van der Waals surface area contributed by atoms with Crippen molar-refractivity contribution >= 4 is 29.9 Å². The van der Waals surface area contributed by atoms with Crippen molar-refractivity contribution < 1.29 is 0 Å². The molecule has 0 aromatic carbocycles. The van der Waals surface area contributed by atoms with E-state index in [-0.39, 0.29) is 24.0 Å². The lowest BCUT2D eigenvalue weighted by molar-refractivity contribution is 0.144. The zero-order valence-electron chi connectivity index (χ0n) is 13.3. The number of likely N-dealkylation sites (tertiary alicyclic amines) is 2. The second-order valence-corrected chi connectivity index (χ2v) is 6.99. The summed E-state index contributed by atoms with van der Waals surface area (Å²) >= 11 is 0. The fourth-order valence-electron chi connectivity index (χ4n) is 3.64. The zero-order chi connectivity index (χ0) is 13.9. The largest absolute Gasteiger partial charge is 0.370 e. The molecular weight excluding hydrogens is 375 g/mol. The van der Waals surface area contributed by atoms with Crippen molar-refractivity contribution in [2.75, 3.05) is 26.2 Å². The number of piperidine rings is 2. The van der Waals surface area contributed by atoms with Crippen LogP contribution in [0.3, 0.4) is 0 Å². The predicted molar refractivity (Wildman–Crippen MR) is 99.2 cm³/mol. The molecule has 0 radical (unpaired) electrons. The van der Waals surface area contributed by atoms with Crippen molar-refractivity contribution in [1.82, 2.24) is 9.80 Å². The van der Waals surface area contributed by atoms with Gasteiger partial charge in [0, 0.05) is 25.2 Å². The molecule has 1 atom stereocenters. The molecule has 1 aliphatic carbocycles. The second kappa shape index (κ2) is 7.99. The molecule has 0 spiro atoms. The molecule has 2 saturated heterocycles. The first-order valence-corrected chi connectivity index (χ1v) is 8.54. The quantitative estimate of drug-likeness (QED) is 0.445. The fraction of sp³-hybridized carbons (Fsp3) is 0.938. The van der Waals surface area contributed by atoms with E-state index in [0.717, 1.165) is 37.6 Å². The van der Waals surface area contributed by atoms with E-state index in [4.69, 9.17) is 10.7 Å². The Bertz CT molecular complexity index is 348. The van der Waals surface area contributed by atoms with E-state index in [9.17, 15) is 0 Å². The number of nitrogens with two attached hydrogens (primary N) is 1. The van der Waals surface area contributed by atoms with Crippen LogP contribution < -0.4 is 5.73 Å². The Labute approximate surface area is 146 Å². The Morgan fingerprint density at radius 3 is 2.43 bits per heavy atom. The third-order valence-corrected chi connectivity index (χ3v) is 5.26. The van der Waals surface area contributed by atoms with E-state index < -0.39 is 0 Å². The Balaban J connectivity index is 0.00000161. The van der Waals surface area contributed by atoms with Gasteiger partial charge in [-0.05, 0) is 51.0 Å². The van der Waals surface area contributed by atoms with Gasteiger partial charge in [0.2, 0.25) is 0 Å². The Morgan fingerprint density at radius 1 is 1.05 bits per heavy atom. The summed E-state index contributed by atoms with van der Waals surface area (Å²) in [7, 11) is 0.